The van der Waals surface area contributed by atoms with Crippen molar-refractivity contribution in [3.8, 4) is 22.7 Å². The number of aromatic amines is 1. The Kier molecular flexibility index (Phi) is 5.17. The largest absolute Gasteiger partial charge is 0.494 e. The molecule has 0 unspecified atom stereocenters. The number of fused-ring (bicyclic) bond motifs is 1. The SMILES string of the molecule is COc1ccc(-c2cnn(-c3ccncn3)c2)c2nc(NC(=O)N3CCC(C)(O)CC3)[nH]c12. The second-order valence-electron chi connectivity index (χ2n) is 8.28. The first-order valence-electron chi connectivity index (χ1n) is 10.6. The molecule has 0 aliphatic carbocycles. The van der Waals surface area contributed by atoms with Gasteiger partial charge in [0, 0.05) is 42.7 Å². The molecule has 4 aromatic rings. The second kappa shape index (κ2) is 8.17. The number of nitrogens with zero attached hydrogens (tertiary/aromatic N) is 6. The molecule has 11 heteroatoms. The molecule has 1 fully saturated rings. The van der Waals surface area contributed by atoms with Crippen molar-refractivity contribution in [3.63, 3.8) is 0 Å². The Morgan fingerprint density at radius 1 is 1.27 bits per heavy atom. The van der Waals surface area contributed by atoms with E-state index in [0.717, 1.165) is 11.1 Å². The van der Waals surface area contributed by atoms with Crippen LogP contribution in [-0.2, 0) is 0 Å². The van der Waals surface area contributed by atoms with Gasteiger partial charge in [-0.25, -0.2) is 24.4 Å². The zero-order valence-electron chi connectivity index (χ0n) is 18.3. The maximum atomic E-state index is 12.7. The summed E-state index contributed by atoms with van der Waals surface area (Å²) in [7, 11) is 1.58. The predicted octanol–water partition coefficient (Wildman–Crippen LogP) is 2.59. The van der Waals surface area contributed by atoms with Crippen molar-refractivity contribution in [1.29, 1.82) is 0 Å². The monoisotopic (exact) mass is 448 g/mol. The van der Waals surface area contributed by atoms with Gasteiger partial charge in [0.15, 0.2) is 5.82 Å². The van der Waals surface area contributed by atoms with Gasteiger partial charge in [0.2, 0.25) is 5.95 Å². The number of amides is 2. The molecule has 1 aliphatic rings. The first-order valence-corrected chi connectivity index (χ1v) is 10.6. The van der Waals surface area contributed by atoms with E-state index in [4.69, 9.17) is 4.74 Å². The first-order chi connectivity index (χ1) is 15.9. The third kappa shape index (κ3) is 4.10. The Morgan fingerprint density at radius 3 is 2.82 bits per heavy atom. The van der Waals surface area contributed by atoms with E-state index in [1.165, 1.54) is 6.33 Å². The maximum absolute atomic E-state index is 12.7. The van der Waals surface area contributed by atoms with E-state index >= 15 is 0 Å². The van der Waals surface area contributed by atoms with Crippen molar-refractivity contribution in [2.45, 2.75) is 25.4 Å². The molecular formula is C22H24N8O3. The average Bonchev–Trinajstić information content (AvgIpc) is 3.46. The number of imidazole rings is 1. The lowest BCUT2D eigenvalue weighted by molar-refractivity contribution is 0.00569. The van der Waals surface area contributed by atoms with Gasteiger partial charge in [0.1, 0.15) is 23.1 Å². The molecule has 0 spiro atoms. The summed E-state index contributed by atoms with van der Waals surface area (Å²) in [6.45, 7) is 2.76. The number of nitrogens with one attached hydrogen (secondary N) is 2. The van der Waals surface area contributed by atoms with Crippen LogP contribution in [-0.4, -0.2) is 71.6 Å². The Morgan fingerprint density at radius 2 is 2.09 bits per heavy atom. The van der Waals surface area contributed by atoms with Crippen LogP contribution >= 0.6 is 0 Å². The van der Waals surface area contributed by atoms with Crippen molar-refractivity contribution >= 4 is 23.0 Å². The molecule has 1 aliphatic heterocycles. The number of hydrogen-bond acceptors (Lipinski definition) is 7. The topological polar surface area (TPSA) is 134 Å². The van der Waals surface area contributed by atoms with Crippen LogP contribution in [0.1, 0.15) is 19.8 Å². The predicted molar refractivity (Wildman–Crippen MR) is 121 cm³/mol. The number of benzene rings is 1. The number of methoxy groups -OCH3 is 1. The van der Waals surface area contributed by atoms with Crippen LogP contribution in [0.15, 0.2) is 43.1 Å². The van der Waals surface area contributed by atoms with Gasteiger partial charge in [0.05, 0.1) is 18.9 Å². The average molecular weight is 448 g/mol. The zero-order valence-corrected chi connectivity index (χ0v) is 18.3. The fraction of sp³-hybridized carbons (Fsp3) is 0.318. The van der Waals surface area contributed by atoms with Gasteiger partial charge >= 0.3 is 6.03 Å². The summed E-state index contributed by atoms with van der Waals surface area (Å²) < 4.78 is 7.15. The van der Waals surface area contributed by atoms with Crippen molar-refractivity contribution < 1.29 is 14.6 Å². The number of carbonyl (C=O) groups is 1. The molecule has 2 amide bonds. The minimum atomic E-state index is -0.728. The summed E-state index contributed by atoms with van der Waals surface area (Å²) in [5.41, 5.74) is 2.25. The summed E-state index contributed by atoms with van der Waals surface area (Å²) in [5, 5.41) is 17.4. The zero-order chi connectivity index (χ0) is 23.0. The summed E-state index contributed by atoms with van der Waals surface area (Å²) in [6.07, 6.45) is 7.78. The van der Waals surface area contributed by atoms with Crippen LogP contribution in [0.25, 0.3) is 28.0 Å². The molecule has 3 N–H and O–H groups in total. The molecule has 1 saturated heterocycles. The van der Waals surface area contributed by atoms with Crippen LogP contribution in [0.4, 0.5) is 10.7 Å². The Hall–Kier alpha value is -3.99. The minimum absolute atomic E-state index is 0.262. The van der Waals surface area contributed by atoms with Gasteiger partial charge < -0.3 is 19.7 Å². The van der Waals surface area contributed by atoms with E-state index in [0.29, 0.717) is 54.5 Å². The number of anilines is 1. The second-order valence-corrected chi connectivity index (χ2v) is 8.28. The highest BCUT2D eigenvalue weighted by Gasteiger charge is 2.30. The lowest BCUT2D eigenvalue weighted by Crippen LogP contribution is -2.46. The fourth-order valence-corrected chi connectivity index (χ4v) is 3.91. The number of aliphatic hydroxyl groups is 1. The molecule has 33 heavy (non-hydrogen) atoms. The standard InChI is InChI=1S/C22H24N8O3/c1-22(32)6-9-29(10-7-22)21(31)28-20-26-18-15(3-4-16(33-2)19(18)27-20)14-11-25-30(12-14)17-5-8-23-13-24-17/h3-5,8,11-13,32H,6-7,9-10H2,1-2H3,(H2,26,27,28,31). The maximum Gasteiger partial charge on any atom is 0.324 e. The minimum Gasteiger partial charge on any atom is -0.494 e. The highest BCUT2D eigenvalue weighted by atomic mass is 16.5. The summed E-state index contributed by atoms with van der Waals surface area (Å²) in [5.74, 6) is 1.58. The quantitative estimate of drug-likeness (QED) is 0.437. The smallest absolute Gasteiger partial charge is 0.324 e. The van der Waals surface area contributed by atoms with Crippen molar-refractivity contribution in [1.82, 2.24) is 34.6 Å². The van der Waals surface area contributed by atoms with Crippen LogP contribution in [0.3, 0.4) is 0 Å². The molecule has 11 nitrogen and oxygen atoms in total. The lowest BCUT2D eigenvalue weighted by atomic mass is 9.94. The third-order valence-corrected chi connectivity index (χ3v) is 5.87. The molecule has 0 radical (unpaired) electrons. The molecule has 1 aromatic carbocycles. The number of piperidine rings is 1. The normalized spacial score (nSPS) is 15.5. The Balaban J connectivity index is 1.44. The molecular weight excluding hydrogens is 424 g/mol. The number of aromatic nitrogens is 6. The highest BCUT2D eigenvalue weighted by molar-refractivity contribution is 5.98. The van der Waals surface area contributed by atoms with Crippen LogP contribution < -0.4 is 10.1 Å². The van der Waals surface area contributed by atoms with Crippen molar-refractivity contribution in [2.75, 3.05) is 25.5 Å². The molecule has 0 bridgehead atoms. The van der Waals surface area contributed by atoms with E-state index in [1.54, 1.807) is 42.1 Å². The number of H-pyrrole nitrogens is 1. The molecule has 4 heterocycles. The van der Waals surface area contributed by atoms with E-state index in [-0.39, 0.29) is 6.03 Å². The number of carbonyl (C=O) groups excluding carboxylic acids is 1. The Labute approximate surface area is 189 Å². The molecule has 170 valence electrons. The van der Waals surface area contributed by atoms with E-state index in [2.05, 4.69) is 30.4 Å². The molecule has 0 atom stereocenters. The molecule has 5 rings (SSSR count). The highest BCUT2D eigenvalue weighted by Crippen LogP contribution is 2.34. The summed E-state index contributed by atoms with van der Waals surface area (Å²) in [4.78, 5) is 30.4. The van der Waals surface area contributed by atoms with Crippen LogP contribution in [0.2, 0.25) is 0 Å². The van der Waals surface area contributed by atoms with Crippen LogP contribution in [0, 0.1) is 0 Å². The van der Waals surface area contributed by atoms with Gasteiger partial charge in [0.25, 0.3) is 0 Å². The van der Waals surface area contributed by atoms with Crippen molar-refractivity contribution in [2.24, 2.45) is 0 Å². The van der Waals surface area contributed by atoms with E-state index in [9.17, 15) is 9.90 Å². The van der Waals surface area contributed by atoms with Crippen LogP contribution in [0.5, 0.6) is 5.75 Å². The summed E-state index contributed by atoms with van der Waals surface area (Å²) >= 11 is 0. The van der Waals surface area contributed by atoms with Gasteiger partial charge in [-0.3, -0.25) is 5.32 Å². The molecule has 3 aromatic heterocycles. The fourth-order valence-electron chi connectivity index (χ4n) is 3.91. The number of ether oxygens (including phenoxy) is 1. The number of likely N-dealkylation sites (tertiary alicyclic amines) is 1. The van der Waals surface area contributed by atoms with Gasteiger partial charge in [-0.2, -0.15) is 5.10 Å². The first kappa shape index (κ1) is 20.9. The van der Waals surface area contributed by atoms with Crippen molar-refractivity contribution in [3.05, 3.63) is 43.1 Å². The van der Waals surface area contributed by atoms with E-state index < -0.39 is 5.60 Å². The lowest BCUT2D eigenvalue weighted by Gasteiger charge is -2.35. The number of rotatable bonds is 4. The van der Waals surface area contributed by atoms with Gasteiger partial charge in [-0.15, -0.1) is 0 Å². The Bertz CT molecular complexity index is 1290. The van der Waals surface area contributed by atoms with E-state index in [1.807, 2.05) is 18.3 Å². The van der Waals surface area contributed by atoms with Gasteiger partial charge in [-0.05, 0) is 31.9 Å². The van der Waals surface area contributed by atoms with Gasteiger partial charge in [-0.1, -0.05) is 0 Å². The third-order valence-electron chi connectivity index (χ3n) is 5.87. The number of urea groups is 1. The molecule has 0 saturated carbocycles. The number of hydrogen-bond donors (Lipinski definition) is 3. The summed E-state index contributed by atoms with van der Waals surface area (Å²) in [6, 6.07) is 5.25.